The van der Waals surface area contributed by atoms with E-state index in [1.807, 2.05) is 11.8 Å². The fourth-order valence-corrected chi connectivity index (χ4v) is 11.1. The van der Waals surface area contributed by atoms with Gasteiger partial charge in [-0.3, -0.25) is 0 Å². The number of para-hydroxylation sites is 2. The van der Waals surface area contributed by atoms with Gasteiger partial charge in [-0.25, -0.2) is 0 Å². The number of allylic oxidation sites excluding steroid dienone is 1. The molecular weight excluding hydrogens is 755 g/mol. The molecule has 0 saturated carbocycles. The lowest BCUT2D eigenvalue weighted by molar-refractivity contribution is 0.718. The van der Waals surface area contributed by atoms with Crippen LogP contribution in [0.4, 0.5) is 17.1 Å². The number of hydrogen-bond acceptors (Lipinski definition) is 2. The Bertz CT molecular complexity index is 3320. The number of benzene rings is 10. The average Bonchev–Trinajstić information content (AvgIpc) is 3.32. The number of rotatable bonds is 5. The zero-order valence-electron chi connectivity index (χ0n) is 33.8. The van der Waals surface area contributed by atoms with Crippen LogP contribution in [0.25, 0.3) is 82.9 Å². The van der Waals surface area contributed by atoms with Gasteiger partial charge in [0, 0.05) is 15.2 Å². The minimum absolute atomic E-state index is 0.426. The smallest absolute Gasteiger partial charge is 0.0601 e. The van der Waals surface area contributed by atoms with E-state index >= 15 is 0 Å². The fraction of sp³-hybridized carbons (Fsp3) is 0.0508. The van der Waals surface area contributed by atoms with Gasteiger partial charge < -0.3 is 4.90 Å². The second kappa shape index (κ2) is 14.6. The maximum absolute atomic E-state index is 2.56. The number of nitrogens with zero attached hydrogens (tertiary/aromatic N) is 1. The third-order valence-corrected chi connectivity index (χ3v) is 13.9. The molecule has 0 N–H and O–H groups in total. The van der Waals surface area contributed by atoms with Crippen LogP contribution in [0.3, 0.4) is 0 Å². The first-order valence-corrected chi connectivity index (χ1v) is 22.1. The molecule has 1 aliphatic carbocycles. The maximum atomic E-state index is 2.56. The molecule has 0 aromatic heterocycles. The molecule has 10 aromatic carbocycles. The van der Waals surface area contributed by atoms with E-state index in [0.29, 0.717) is 5.92 Å². The summed E-state index contributed by atoms with van der Waals surface area (Å²) in [6, 6.07) is 74.0. The normalized spacial score (nSPS) is 14.2. The van der Waals surface area contributed by atoms with Crippen molar-refractivity contribution >= 4 is 67.2 Å². The fourth-order valence-electron chi connectivity index (χ4n) is 10.1. The van der Waals surface area contributed by atoms with Crippen molar-refractivity contribution in [3.8, 4) is 44.5 Å². The Morgan fingerprint density at radius 3 is 1.51 bits per heavy atom. The Kier molecular flexibility index (Phi) is 8.54. The third kappa shape index (κ3) is 5.85. The van der Waals surface area contributed by atoms with E-state index in [-0.39, 0.29) is 0 Å². The van der Waals surface area contributed by atoms with Crippen LogP contribution in [-0.4, -0.2) is 0 Å². The predicted molar refractivity (Wildman–Crippen MR) is 261 cm³/mol. The van der Waals surface area contributed by atoms with Crippen LogP contribution in [-0.2, 0) is 6.42 Å². The Hall–Kier alpha value is -7.13. The molecule has 0 radical (unpaired) electrons. The summed E-state index contributed by atoms with van der Waals surface area (Å²) >= 11 is 1.87. The largest absolute Gasteiger partial charge is 0.307 e. The van der Waals surface area contributed by atoms with Gasteiger partial charge in [0.1, 0.15) is 0 Å². The molecule has 61 heavy (non-hydrogen) atoms. The lowest BCUT2D eigenvalue weighted by Crippen LogP contribution is -2.19. The van der Waals surface area contributed by atoms with Crippen LogP contribution in [0.15, 0.2) is 216 Å². The zero-order chi connectivity index (χ0) is 40.4. The third-order valence-electron chi connectivity index (χ3n) is 12.8. The van der Waals surface area contributed by atoms with E-state index in [1.54, 1.807) is 0 Å². The highest BCUT2D eigenvalue weighted by atomic mass is 32.2. The molecule has 0 saturated heterocycles. The predicted octanol–water partition coefficient (Wildman–Crippen LogP) is 17.0. The van der Waals surface area contributed by atoms with Gasteiger partial charge >= 0.3 is 0 Å². The van der Waals surface area contributed by atoms with Gasteiger partial charge in [0.15, 0.2) is 0 Å². The molecule has 0 spiro atoms. The van der Waals surface area contributed by atoms with Crippen molar-refractivity contribution in [2.75, 3.05) is 4.90 Å². The lowest BCUT2D eigenvalue weighted by atomic mass is 9.80. The van der Waals surface area contributed by atoms with E-state index in [4.69, 9.17) is 0 Å². The van der Waals surface area contributed by atoms with Gasteiger partial charge in [-0.2, -0.15) is 0 Å². The number of fused-ring (bicyclic) bond motifs is 6. The second-order valence-electron chi connectivity index (χ2n) is 16.4. The van der Waals surface area contributed by atoms with E-state index in [9.17, 15) is 0 Å². The van der Waals surface area contributed by atoms with Crippen molar-refractivity contribution < 1.29 is 0 Å². The molecule has 0 fully saturated rings. The number of anilines is 3. The van der Waals surface area contributed by atoms with Crippen molar-refractivity contribution in [3.05, 3.63) is 217 Å². The molecule has 0 amide bonds. The standard InChI is InChI=1S/C59H41NS/c1-38-28-34-48-51(36-38)59(60-52-24-12-14-26-54(52)61-55-27-15-13-25-53(55)60)49-23-11-10-22-46(49)57(48)42-31-29-41(30-32-42)56-44-20-8-9-21-45(44)58(40-18-6-3-7-19-40)50-37-43(33-35-47(50)56)39-16-4-2-5-17-39/h2-35,37-38H,36H2,1H3. The molecule has 2 heteroatoms. The summed E-state index contributed by atoms with van der Waals surface area (Å²) in [5, 5.41) is 7.60. The quantitative estimate of drug-likeness (QED) is 0.160. The SMILES string of the molecule is CC1C=Cc2c(c(N3c4ccccc4Sc4ccccc43)c3ccccc3c2-c2ccc(-c3c4ccccc4c(-c4ccccc4)c4cc(-c5ccccc5)ccc34)cc2)C1. The summed E-state index contributed by atoms with van der Waals surface area (Å²) < 4.78 is 0. The Morgan fingerprint density at radius 1 is 0.410 bits per heavy atom. The van der Waals surface area contributed by atoms with Crippen LogP contribution in [0, 0.1) is 5.92 Å². The first-order valence-electron chi connectivity index (χ1n) is 21.3. The van der Waals surface area contributed by atoms with Crippen molar-refractivity contribution in [1.29, 1.82) is 0 Å². The average molecular weight is 796 g/mol. The number of hydrogen-bond donors (Lipinski definition) is 0. The first kappa shape index (κ1) is 35.8. The minimum atomic E-state index is 0.426. The highest BCUT2D eigenvalue weighted by Crippen LogP contribution is 2.56. The molecule has 1 atom stereocenters. The molecule has 288 valence electrons. The molecule has 1 unspecified atom stereocenters. The van der Waals surface area contributed by atoms with E-state index in [1.165, 1.54) is 115 Å². The van der Waals surface area contributed by atoms with Crippen molar-refractivity contribution in [3.63, 3.8) is 0 Å². The van der Waals surface area contributed by atoms with Crippen molar-refractivity contribution in [1.82, 2.24) is 0 Å². The van der Waals surface area contributed by atoms with Gasteiger partial charge in [-0.05, 0) is 125 Å². The second-order valence-corrected chi connectivity index (χ2v) is 17.5. The van der Waals surface area contributed by atoms with Crippen LogP contribution in [0.2, 0.25) is 0 Å². The molecule has 1 aliphatic heterocycles. The van der Waals surface area contributed by atoms with Gasteiger partial charge in [0.05, 0.1) is 17.1 Å². The van der Waals surface area contributed by atoms with Crippen LogP contribution in [0.5, 0.6) is 0 Å². The van der Waals surface area contributed by atoms with Crippen LogP contribution >= 0.6 is 11.8 Å². The molecule has 10 aromatic rings. The van der Waals surface area contributed by atoms with Gasteiger partial charge in [0.2, 0.25) is 0 Å². The topological polar surface area (TPSA) is 3.24 Å². The molecular formula is C59H41NS. The van der Waals surface area contributed by atoms with E-state index in [2.05, 4.69) is 224 Å². The van der Waals surface area contributed by atoms with E-state index < -0.39 is 0 Å². The zero-order valence-corrected chi connectivity index (χ0v) is 34.7. The summed E-state index contributed by atoms with van der Waals surface area (Å²) in [6.07, 6.45) is 5.79. The highest BCUT2D eigenvalue weighted by Gasteiger charge is 2.31. The first-order chi connectivity index (χ1) is 30.2. The molecule has 0 bridgehead atoms. The minimum Gasteiger partial charge on any atom is -0.307 e. The summed E-state index contributed by atoms with van der Waals surface area (Å²) in [7, 11) is 0. The Labute approximate surface area is 361 Å². The molecule has 12 rings (SSSR count). The lowest BCUT2D eigenvalue weighted by Gasteiger charge is -2.37. The van der Waals surface area contributed by atoms with Crippen molar-refractivity contribution in [2.24, 2.45) is 5.92 Å². The summed E-state index contributed by atoms with van der Waals surface area (Å²) in [4.78, 5) is 5.12. The summed E-state index contributed by atoms with van der Waals surface area (Å²) in [6.45, 7) is 2.35. The van der Waals surface area contributed by atoms with Gasteiger partial charge in [-0.1, -0.05) is 201 Å². The Balaban J connectivity index is 1.08. The summed E-state index contributed by atoms with van der Waals surface area (Å²) in [5.41, 5.74) is 16.5. The molecule has 1 nitrogen and oxygen atoms in total. The highest BCUT2D eigenvalue weighted by molar-refractivity contribution is 7.99. The maximum Gasteiger partial charge on any atom is 0.0601 e. The van der Waals surface area contributed by atoms with Crippen molar-refractivity contribution in [2.45, 2.75) is 23.1 Å². The monoisotopic (exact) mass is 795 g/mol. The van der Waals surface area contributed by atoms with Crippen LogP contribution < -0.4 is 4.90 Å². The van der Waals surface area contributed by atoms with Crippen LogP contribution in [0.1, 0.15) is 18.1 Å². The Morgan fingerprint density at radius 2 is 0.869 bits per heavy atom. The summed E-state index contributed by atoms with van der Waals surface area (Å²) in [5.74, 6) is 0.426. The molecule has 2 aliphatic rings. The van der Waals surface area contributed by atoms with E-state index in [0.717, 1.165) is 6.42 Å². The molecule has 1 heterocycles. The van der Waals surface area contributed by atoms with Gasteiger partial charge in [0.25, 0.3) is 0 Å². The van der Waals surface area contributed by atoms with Gasteiger partial charge in [-0.15, -0.1) is 0 Å².